The zero-order valence-electron chi connectivity index (χ0n) is 8.82. The molecule has 0 aromatic heterocycles. The number of hydrogen-bond acceptors (Lipinski definition) is 2. The fourth-order valence-corrected chi connectivity index (χ4v) is 1.25. The van der Waals surface area contributed by atoms with Crippen molar-refractivity contribution in [2.75, 3.05) is 0 Å². The van der Waals surface area contributed by atoms with Crippen LogP contribution in [0.15, 0.2) is 12.1 Å². The van der Waals surface area contributed by atoms with Crippen molar-refractivity contribution in [2.45, 2.75) is 19.7 Å². The zero-order valence-corrected chi connectivity index (χ0v) is 8.82. The molecule has 0 amide bonds. The summed E-state index contributed by atoms with van der Waals surface area (Å²) in [6.07, 6.45) is -5.20. The number of carbonyl (C=O) groups excluding carboxylic acids is 1. The monoisotopic (exact) mass is 272 g/mol. The highest BCUT2D eigenvalue weighted by molar-refractivity contribution is 5.94. The third-order valence-corrected chi connectivity index (χ3v) is 1.96. The molecule has 18 heavy (non-hydrogen) atoms. The third-order valence-electron chi connectivity index (χ3n) is 1.96. The van der Waals surface area contributed by atoms with Crippen molar-refractivity contribution in [3.05, 3.63) is 29.1 Å². The van der Waals surface area contributed by atoms with Crippen LogP contribution in [0.3, 0.4) is 0 Å². The Bertz CT molecular complexity index is 466. The van der Waals surface area contributed by atoms with Crippen molar-refractivity contribution < 1.29 is 35.9 Å². The van der Waals surface area contributed by atoms with E-state index in [1.807, 2.05) is 0 Å². The second-order valence-corrected chi connectivity index (χ2v) is 3.26. The first-order valence-corrected chi connectivity index (χ1v) is 4.49. The second kappa shape index (κ2) is 4.87. The van der Waals surface area contributed by atoms with E-state index in [9.17, 15) is 31.1 Å². The van der Waals surface area contributed by atoms with E-state index < -0.39 is 41.3 Å². The lowest BCUT2D eigenvalue weighted by Gasteiger charge is -2.15. The average molecular weight is 272 g/mol. The van der Waals surface area contributed by atoms with Gasteiger partial charge in [0.1, 0.15) is 17.1 Å². The van der Waals surface area contributed by atoms with Gasteiger partial charge >= 0.3 is 12.8 Å². The predicted octanol–water partition coefficient (Wildman–Crippen LogP) is 3.65. The Balaban J connectivity index is 3.45. The lowest BCUT2D eigenvalue weighted by Crippen LogP contribution is -2.15. The van der Waals surface area contributed by atoms with E-state index in [1.54, 1.807) is 0 Å². The van der Waals surface area contributed by atoms with Crippen LogP contribution in [0.4, 0.5) is 26.3 Å². The molecule has 0 spiro atoms. The standard InChI is InChI=1S/C10H6F6O2/c1-4(17)5-2-6(11)8(10(14,15)16)7(3-5)18-9(12)13/h2-3,9H,1H3. The normalized spacial score (nSPS) is 11.8. The first-order chi connectivity index (χ1) is 8.12. The molecule has 0 atom stereocenters. The average Bonchev–Trinajstić information content (AvgIpc) is 2.12. The van der Waals surface area contributed by atoms with Crippen molar-refractivity contribution in [3.63, 3.8) is 0 Å². The number of carbonyl (C=O) groups is 1. The number of rotatable bonds is 3. The highest BCUT2D eigenvalue weighted by Gasteiger charge is 2.39. The summed E-state index contributed by atoms with van der Waals surface area (Å²) in [6, 6.07) is 0.754. The summed E-state index contributed by atoms with van der Waals surface area (Å²) in [5, 5.41) is 0. The Morgan fingerprint density at radius 3 is 2.22 bits per heavy atom. The molecule has 100 valence electrons. The quantitative estimate of drug-likeness (QED) is 0.620. The van der Waals surface area contributed by atoms with E-state index in [1.165, 1.54) is 0 Å². The molecule has 2 nitrogen and oxygen atoms in total. The Kier molecular flexibility index (Phi) is 3.88. The molecule has 0 N–H and O–H groups in total. The van der Waals surface area contributed by atoms with E-state index >= 15 is 0 Å². The van der Waals surface area contributed by atoms with Gasteiger partial charge in [-0.05, 0) is 19.1 Å². The first-order valence-electron chi connectivity index (χ1n) is 4.49. The molecule has 0 unspecified atom stereocenters. The molecular weight excluding hydrogens is 266 g/mol. The van der Waals surface area contributed by atoms with Crippen LogP contribution in [0.1, 0.15) is 22.8 Å². The lowest BCUT2D eigenvalue weighted by molar-refractivity contribution is -0.144. The van der Waals surface area contributed by atoms with Crippen LogP contribution in [0.5, 0.6) is 5.75 Å². The van der Waals surface area contributed by atoms with E-state index in [4.69, 9.17) is 0 Å². The largest absolute Gasteiger partial charge is 0.434 e. The highest BCUT2D eigenvalue weighted by Crippen LogP contribution is 2.39. The minimum absolute atomic E-state index is 0.323. The summed E-state index contributed by atoms with van der Waals surface area (Å²) in [5.74, 6) is -4.03. The van der Waals surface area contributed by atoms with Gasteiger partial charge in [0, 0.05) is 5.56 Å². The number of hydrogen-bond donors (Lipinski definition) is 0. The molecule has 0 heterocycles. The van der Waals surface area contributed by atoms with Crippen molar-refractivity contribution in [1.29, 1.82) is 0 Å². The van der Waals surface area contributed by atoms with Gasteiger partial charge in [0.05, 0.1) is 0 Å². The van der Waals surface area contributed by atoms with Gasteiger partial charge in [-0.15, -0.1) is 0 Å². The molecule has 0 bridgehead atoms. The van der Waals surface area contributed by atoms with Crippen LogP contribution in [-0.4, -0.2) is 12.4 Å². The number of Topliss-reactive ketones (excluding diaryl/α,β-unsaturated/α-hetero) is 1. The van der Waals surface area contributed by atoms with Gasteiger partial charge in [0.2, 0.25) is 0 Å². The fourth-order valence-electron chi connectivity index (χ4n) is 1.25. The molecule has 1 rings (SSSR count). The summed E-state index contributed by atoms with van der Waals surface area (Å²) in [4.78, 5) is 10.9. The number of benzene rings is 1. The molecule has 0 aliphatic carbocycles. The molecule has 0 aliphatic rings. The summed E-state index contributed by atoms with van der Waals surface area (Å²) >= 11 is 0. The fraction of sp³-hybridized carbons (Fsp3) is 0.300. The number of alkyl halides is 5. The molecule has 0 saturated carbocycles. The Morgan fingerprint density at radius 2 is 1.83 bits per heavy atom. The van der Waals surface area contributed by atoms with Crippen molar-refractivity contribution in [1.82, 2.24) is 0 Å². The third kappa shape index (κ3) is 3.14. The van der Waals surface area contributed by atoms with E-state index in [-0.39, 0.29) is 0 Å². The summed E-state index contributed by atoms with van der Waals surface area (Å²) < 4.78 is 78.1. The van der Waals surface area contributed by atoms with Crippen LogP contribution in [0, 0.1) is 5.82 Å². The van der Waals surface area contributed by atoms with Crippen LogP contribution >= 0.6 is 0 Å². The topological polar surface area (TPSA) is 26.3 Å². The van der Waals surface area contributed by atoms with E-state index in [0.717, 1.165) is 6.92 Å². The van der Waals surface area contributed by atoms with Gasteiger partial charge in [0.15, 0.2) is 5.78 Å². The maximum Gasteiger partial charge on any atom is 0.422 e. The van der Waals surface area contributed by atoms with Gasteiger partial charge in [-0.2, -0.15) is 22.0 Å². The van der Waals surface area contributed by atoms with Gasteiger partial charge < -0.3 is 4.74 Å². The lowest BCUT2D eigenvalue weighted by atomic mass is 10.1. The SMILES string of the molecule is CC(=O)c1cc(F)c(C(F)(F)F)c(OC(F)F)c1. The number of ketones is 1. The predicted molar refractivity (Wildman–Crippen MR) is 48.0 cm³/mol. The minimum atomic E-state index is -5.20. The van der Waals surface area contributed by atoms with Gasteiger partial charge in [-0.3, -0.25) is 4.79 Å². The minimum Gasteiger partial charge on any atom is -0.434 e. The van der Waals surface area contributed by atoms with E-state index in [0.29, 0.717) is 12.1 Å². The summed E-state index contributed by atoms with van der Waals surface area (Å²) in [7, 11) is 0. The molecule has 0 radical (unpaired) electrons. The zero-order chi connectivity index (χ0) is 14.1. The molecular formula is C10H6F6O2. The van der Waals surface area contributed by atoms with Gasteiger partial charge in [-0.1, -0.05) is 0 Å². The van der Waals surface area contributed by atoms with Crippen LogP contribution < -0.4 is 4.74 Å². The first kappa shape index (κ1) is 14.3. The van der Waals surface area contributed by atoms with Crippen molar-refractivity contribution in [2.24, 2.45) is 0 Å². The molecule has 8 heteroatoms. The molecule has 0 aliphatic heterocycles. The van der Waals surface area contributed by atoms with Gasteiger partial charge in [-0.25, -0.2) is 4.39 Å². The number of ether oxygens (including phenoxy) is 1. The van der Waals surface area contributed by atoms with Crippen LogP contribution in [0.25, 0.3) is 0 Å². The number of halogens is 6. The molecule has 0 saturated heterocycles. The summed E-state index contributed by atoms with van der Waals surface area (Å²) in [5.41, 5.74) is -2.45. The Morgan fingerprint density at radius 1 is 1.28 bits per heavy atom. The second-order valence-electron chi connectivity index (χ2n) is 3.26. The Labute approximate surface area is 97.2 Å². The van der Waals surface area contributed by atoms with Crippen molar-refractivity contribution >= 4 is 5.78 Å². The smallest absolute Gasteiger partial charge is 0.422 e. The van der Waals surface area contributed by atoms with Gasteiger partial charge in [0.25, 0.3) is 0 Å². The molecule has 1 aromatic carbocycles. The highest BCUT2D eigenvalue weighted by atomic mass is 19.4. The van der Waals surface area contributed by atoms with Crippen LogP contribution in [0.2, 0.25) is 0 Å². The maximum atomic E-state index is 13.2. The summed E-state index contributed by atoms with van der Waals surface area (Å²) in [6.45, 7) is -2.61. The van der Waals surface area contributed by atoms with E-state index in [2.05, 4.69) is 4.74 Å². The van der Waals surface area contributed by atoms with Crippen LogP contribution in [-0.2, 0) is 6.18 Å². The Hall–Kier alpha value is -1.73. The van der Waals surface area contributed by atoms with Crippen molar-refractivity contribution in [3.8, 4) is 5.75 Å². The molecule has 0 fully saturated rings. The molecule has 1 aromatic rings. The maximum absolute atomic E-state index is 13.2.